The lowest BCUT2D eigenvalue weighted by Gasteiger charge is -2.34. The standard InChI is InChI=1S/C22H31N5O4S/c1-2-3-16-31-19-4-6-20(7-5-19)32(28,29)27-12-10-26(11-13-27)22-23-9-8-21(24-22)25-14-17-30-18-15-25/h4-9H,2-3,10-18H2,1H3. The summed E-state index contributed by atoms with van der Waals surface area (Å²) in [6, 6.07) is 8.61. The van der Waals surface area contributed by atoms with Crippen molar-refractivity contribution in [2.45, 2.75) is 24.7 Å². The zero-order valence-electron chi connectivity index (χ0n) is 18.5. The molecule has 0 aliphatic carbocycles. The molecule has 2 saturated heterocycles. The van der Waals surface area contributed by atoms with Crippen molar-refractivity contribution in [3.8, 4) is 5.75 Å². The lowest BCUT2D eigenvalue weighted by atomic mass is 10.3. The number of benzene rings is 1. The van der Waals surface area contributed by atoms with Crippen LogP contribution in [0, 0.1) is 0 Å². The molecule has 0 amide bonds. The van der Waals surface area contributed by atoms with Crippen molar-refractivity contribution < 1.29 is 17.9 Å². The summed E-state index contributed by atoms with van der Waals surface area (Å²) in [5.41, 5.74) is 0. The molecule has 0 saturated carbocycles. The molecule has 0 bridgehead atoms. The van der Waals surface area contributed by atoms with Gasteiger partial charge in [-0.1, -0.05) is 13.3 Å². The van der Waals surface area contributed by atoms with Gasteiger partial charge in [0.25, 0.3) is 0 Å². The van der Waals surface area contributed by atoms with Crippen molar-refractivity contribution in [1.82, 2.24) is 14.3 Å². The van der Waals surface area contributed by atoms with E-state index in [0.717, 1.165) is 31.7 Å². The van der Waals surface area contributed by atoms with E-state index in [-0.39, 0.29) is 0 Å². The Kier molecular flexibility index (Phi) is 7.44. The summed E-state index contributed by atoms with van der Waals surface area (Å²) >= 11 is 0. The Balaban J connectivity index is 1.36. The normalized spacial score (nSPS) is 18.0. The number of morpholine rings is 1. The largest absolute Gasteiger partial charge is 0.494 e. The lowest BCUT2D eigenvalue weighted by molar-refractivity contribution is 0.122. The number of hydrogen-bond donors (Lipinski definition) is 0. The molecule has 1 aromatic carbocycles. The number of rotatable bonds is 8. The lowest BCUT2D eigenvalue weighted by Crippen LogP contribution is -2.49. The van der Waals surface area contributed by atoms with E-state index < -0.39 is 10.0 Å². The summed E-state index contributed by atoms with van der Waals surface area (Å²) in [4.78, 5) is 13.6. The van der Waals surface area contributed by atoms with Crippen LogP contribution in [-0.4, -0.2) is 81.8 Å². The van der Waals surface area contributed by atoms with Crippen molar-refractivity contribution in [2.24, 2.45) is 0 Å². The summed E-state index contributed by atoms with van der Waals surface area (Å²) in [6.07, 6.45) is 3.80. The van der Waals surface area contributed by atoms with Crippen LogP contribution in [0.3, 0.4) is 0 Å². The van der Waals surface area contributed by atoms with Gasteiger partial charge in [-0.15, -0.1) is 0 Å². The minimum atomic E-state index is -3.55. The number of unbranched alkanes of at least 4 members (excludes halogenated alkanes) is 1. The van der Waals surface area contributed by atoms with Crippen LogP contribution in [0.1, 0.15) is 19.8 Å². The van der Waals surface area contributed by atoms with Gasteiger partial charge in [0, 0.05) is 45.5 Å². The molecule has 0 atom stereocenters. The number of ether oxygens (including phenoxy) is 2. The Labute approximate surface area is 190 Å². The van der Waals surface area contributed by atoms with Crippen LogP contribution in [0.2, 0.25) is 0 Å². The van der Waals surface area contributed by atoms with Crippen LogP contribution in [0.15, 0.2) is 41.4 Å². The molecule has 0 N–H and O–H groups in total. The van der Waals surface area contributed by atoms with Crippen molar-refractivity contribution in [3.05, 3.63) is 36.5 Å². The maximum absolute atomic E-state index is 13.1. The third-order valence-corrected chi connectivity index (χ3v) is 7.63. The highest BCUT2D eigenvalue weighted by Gasteiger charge is 2.29. The predicted octanol–water partition coefficient (Wildman–Crippen LogP) is 2.00. The molecular weight excluding hydrogens is 430 g/mol. The molecule has 9 nitrogen and oxygen atoms in total. The molecule has 0 spiro atoms. The number of aromatic nitrogens is 2. The van der Waals surface area contributed by atoms with Crippen molar-refractivity contribution in [2.75, 3.05) is 68.9 Å². The van der Waals surface area contributed by atoms with Gasteiger partial charge in [0.1, 0.15) is 11.6 Å². The van der Waals surface area contributed by atoms with E-state index in [0.29, 0.717) is 62.6 Å². The Morgan fingerprint density at radius 1 is 0.969 bits per heavy atom. The first-order valence-corrected chi connectivity index (χ1v) is 12.7. The zero-order valence-corrected chi connectivity index (χ0v) is 19.3. The second-order valence-corrected chi connectivity index (χ2v) is 9.82. The van der Waals surface area contributed by atoms with Crippen LogP contribution in [0.5, 0.6) is 5.75 Å². The second-order valence-electron chi connectivity index (χ2n) is 7.88. The Bertz CT molecular complexity index is 972. The highest BCUT2D eigenvalue weighted by Crippen LogP contribution is 2.23. The molecule has 10 heteroatoms. The summed E-state index contributed by atoms with van der Waals surface area (Å²) in [5, 5.41) is 0. The molecule has 174 valence electrons. The molecule has 0 unspecified atom stereocenters. The maximum atomic E-state index is 13.1. The van der Waals surface area contributed by atoms with Crippen LogP contribution in [-0.2, 0) is 14.8 Å². The van der Waals surface area contributed by atoms with Crippen LogP contribution >= 0.6 is 0 Å². The third-order valence-electron chi connectivity index (χ3n) is 5.71. The molecule has 4 rings (SSSR count). The minimum absolute atomic E-state index is 0.291. The summed E-state index contributed by atoms with van der Waals surface area (Å²) in [7, 11) is -3.55. The van der Waals surface area contributed by atoms with E-state index in [2.05, 4.69) is 16.8 Å². The topological polar surface area (TPSA) is 88.1 Å². The first kappa shape index (κ1) is 22.8. The molecule has 1 aromatic heterocycles. The highest BCUT2D eigenvalue weighted by molar-refractivity contribution is 7.89. The van der Waals surface area contributed by atoms with Gasteiger partial charge >= 0.3 is 0 Å². The molecule has 2 fully saturated rings. The molecule has 32 heavy (non-hydrogen) atoms. The predicted molar refractivity (Wildman–Crippen MR) is 123 cm³/mol. The van der Waals surface area contributed by atoms with Gasteiger partial charge in [0.05, 0.1) is 24.7 Å². The minimum Gasteiger partial charge on any atom is -0.494 e. The van der Waals surface area contributed by atoms with E-state index >= 15 is 0 Å². The van der Waals surface area contributed by atoms with E-state index in [1.807, 2.05) is 11.0 Å². The van der Waals surface area contributed by atoms with Gasteiger partial charge in [-0.25, -0.2) is 13.4 Å². The van der Waals surface area contributed by atoms with Gasteiger partial charge < -0.3 is 19.3 Å². The summed E-state index contributed by atoms with van der Waals surface area (Å²) in [6.45, 7) is 7.63. The number of piperazine rings is 1. The fourth-order valence-corrected chi connectivity index (χ4v) is 5.20. The molecule has 3 heterocycles. The van der Waals surface area contributed by atoms with Gasteiger partial charge in [0.15, 0.2) is 0 Å². The summed E-state index contributed by atoms with van der Waals surface area (Å²) in [5.74, 6) is 2.22. The van der Waals surface area contributed by atoms with Crippen LogP contribution < -0.4 is 14.5 Å². The molecular formula is C22H31N5O4S. The Morgan fingerprint density at radius 2 is 1.69 bits per heavy atom. The summed E-state index contributed by atoms with van der Waals surface area (Å²) < 4.78 is 38.7. The molecule has 0 radical (unpaired) electrons. The zero-order chi connectivity index (χ0) is 22.4. The number of anilines is 2. The number of hydrogen-bond acceptors (Lipinski definition) is 8. The van der Waals surface area contributed by atoms with Crippen LogP contribution in [0.25, 0.3) is 0 Å². The number of sulfonamides is 1. The average molecular weight is 462 g/mol. The van der Waals surface area contributed by atoms with E-state index in [1.165, 1.54) is 4.31 Å². The van der Waals surface area contributed by atoms with Crippen molar-refractivity contribution >= 4 is 21.8 Å². The Morgan fingerprint density at radius 3 is 2.38 bits per heavy atom. The first-order valence-electron chi connectivity index (χ1n) is 11.2. The first-order chi connectivity index (χ1) is 15.6. The smallest absolute Gasteiger partial charge is 0.243 e. The van der Waals surface area contributed by atoms with Crippen molar-refractivity contribution in [3.63, 3.8) is 0 Å². The van der Waals surface area contributed by atoms with Gasteiger partial charge in [-0.3, -0.25) is 0 Å². The fraction of sp³-hybridized carbons (Fsp3) is 0.545. The Hall–Kier alpha value is -2.43. The molecule has 2 aliphatic rings. The maximum Gasteiger partial charge on any atom is 0.243 e. The quantitative estimate of drug-likeness (QED) is 0.552. The van der Waals surface area contributed by atoms with Crippen LogP contribution in [0.4, 0.5) is 11.8 Å². The molecule has 2 aromatic rings. The van der Waals surface area contributed by atoms with E-state index in [4.69, 9.17) is 14.5 Å². The van der Waals surface area contributed by atoms with Gasteiger partial charge in [-0.2, -0.15) is 9.29 Å². The highest BCUT2D eigenvalue weighted by atomic mass is 32.2. The molecule has 2 aliphatic heterocycles. The average Bonchev–Trinajstić information content (AvgIpc) is 2.85. The van der Waals surface area contributed by atoms with E-state index in [9.17, 15) is 8.42 Å². The van der Waals surface area contributed by atoms with Gasteiger partial charge in [-0.05, 0) is 36.8 Å². The van der Waals surface area contributed by atoms with Crippen molar-refractivity contribution in [1.29, 1.82) is 0 Å². The second kappa shape index (κ2) is 10.5. The SMILES string of the molecule is CCCCOc1ccc(S(=O)(=O)N2CCN(c3nccc(N4CCOCC4)n3)CC2)cc1. The van der Waals surface area contributed by atoms with Gasteiger partial charge in [0.2, 0.25) is 16.0 Å². The van der Waals surface area contributed by atoms with E-state index in [1.54, 1.807) is 30.5 Å². The fourth-order valence-electron chi connectivity index (χ4n) is 3.78. The third kappa shape index (κ3) is 5.31. The number of nitrogens with zero attached hydrogens (tertiary/aromatic N) is 5. The monoisotopic (exact) mass is 461 g/mol.